The molecule has 0 aliphatic carbocycles. The molecule has 0 radical (unpaired) electrons. The summed E-state index contributed by atoms with van der Waals surface area (Å²) in [7, 11) is 0. The highest BCUT2D eigenvalue weighted by Crippen LogP contribution is 2.24. The van der Waals surface area contributed by atoms with Gasteiger partial charge in [-0.3, -0.25) is 4.79 Å². The number of alkyl halides is 3. The Labute approximate surface area is 115 Å². The number of carbonyl (C=O) groups is 1. The van der Waals surface area contributed by atoms with Gasteiger partial charge in [-0.25, -0.2) is 4.39 Å². The van der Waals surface area contributed by atoms with Gasteiger partial charge < -0.3 is 4.74 Å². The average molecular weight is 292 g/mol. The van der Waals surface area contributed by atoms with Crippen molar-refractivity contribution in [3.05, 3.63) is 48.4 Å². The van der Waals surface area contributed by atoms with Gasteiger partial charge in [0.05, 0.1) is 5.57 Å². The largest absolute Gasteiger partial charge is 0.418 e. The average Bonchev–Trinajstić information content (AvgIpc) is 2.36. The zero-order chi connectivity index (χ0) is 15.8. The molecule has 0 amide bonds. The van der Waals surface area contributed by atoms with Crippen LogP contribution in [0.2, 0.25) is 0 Å². The minimum atomic E-state index is -4.66. The minimum absolute atomic E-state index is 0.326. The Hall–Kier alpha value is -1.69. The molecule has 0 aromatic rings. The fourth-order valence-corrected chi connectivity index (χ4v) is 1.24. The van der Waals surface area contributed by atoms with Crippen LogP contribution in [-0.4, -0.2) is 24.7 Å². The summed E-state index contributed by atoms with van der Waals surface area (Å²) in [6.45, 7) is 5.16. The van der Waals surface area contributed by atoms with E-state index in [2.05, 4.69) is 11.3 Å². The number of carbonyl (C=O) groups excluding carboxylic acids is 1. The summed E-state index contributed by atoms with van der Waals surface area (Å²) < 4.78 is 55.1. The number of allylic oxidation sites excluding steroid dienone is 5. The lowest BCUT2D eigenvalue weighted by Gasteiger charge is -2.16. The molecule has 0 heterocycles. The third-order valence-electron chi connectivity index (χ3n) is 2.21. The molecule has 0 bridgehead atoms. The first kappa shape index (κ1) is 18.3. The molecule has 0 saturated carbocycles. The topological polar surface area (TPSA) is 26.3 Å². The van der Waals surface area contributed by atoms with E-state index in [1.165, 1.54) is 19.1 Å². The van der Waals surface area contributed by atoms with Gasteiger partial charge in [-0.2, -0.15) is 13.2 Å². The number of ketones is 1. The number of ether oxygens (including phenoxy) is 1. The van der Waals surface area contributed by atoms with E-state index >= 15 is 0 Å². The Balaban J connectivity index is 4.79. The predicted octanol–water partition coefficient (Wildman–Crippen LogP) is 4.06. The molecular weight excluding hydrogens is 276 g/mol. The Morgan fingerprint density at radius 2 is 1.95 bits per heavy atom. The SMILES string of the molecule is C=C[C@H](OCC(=O)C(=C/C)/C(F)=C\C=C\C)C(F)(F)F. The van der Waals surface area contributed by atoms with E-state index in [0.717, 1.165) is 6.08 Å². The highest BCUT2D eigenvalue weighted by atomic mass is 19.4. The lowest BCUT2D eigenvalue weighted by Crippen LogP contribution is -2.31. The van der Waals surface area contributed by atoms with Crippen molar-refractivity contribution in [1.82, 2.24) is 0 Å². The number of rotatable bonds is 7. The third-order valence-corrected chi connectivity index (χ3v) is 2.21. The van der Waals surface area contributed by atoms with E-state index in [1.807, 2.05) is 0 Å². The second-order valence-corrected chi connectivity index (χ2v) is 3.67. The standard InChI is InChI=1S/C14H16F4O2/c1-4-7-8-11(15)10(5-2)12(19)9-20-13(6-3)14(16,17)18/h4-8,13H,3,9H2,1-2H3/b7-4+,10-5+,11-8+/t13-/m0/s1. The molecule has 0 rings (SSSR count). The van der Waals surface area contributed by atoms with Crippen molar-refractivity contribution in [1.29, 1.82) is 0 Å². The molecule has 0 aliphatic heterocycles. The molecule has 0 saturated heterocycles. The lowest BCUT2D eigenvalue weighted by molar-refractivity contribution is -0.203. The normalized spacial score (nSPS) is 15.5. The summed E-state index contributed by atoms with van der Waals surface area (Å²) in [5.74, 6) is -1.71. The lowest BCUT2D eigenvalue weighted by atomic mass is 10.1. The maximum Gasteiger partial charge on any atom is 0.418 e. The van der Waals surface area contributed by atoms with Crippen molar-refractivity contribution in [2.75, 3.05) is 6.61 Å². The summed E-state index contributed by atoms with van der Waals surface area (Å²) >= 11 is 0. The van der Waals surface area contributed by atoms with Crippen LogP contribution in [0, 0.1) is 0 Å². The van der Waals surface area contributed by atoms with Crippen molar-refractivity contribution in [3.63, 3.8) is 0 Å². The summed E-state index contributed by atoms with van der Waals surface area (Å²) in [5, 5.41) is 0. The van der Waals surface area contributed by atoms with Gasteiger partial charge in [0.2, 0.25) is 0 Å². The molecule has 112 valence electrons. The predicted molar refractivity (Wildman–Crippen MR) is 68.8 cm³/mol. The molecule has 0 aromatic heterocycles. The highest BCUT2D eigenvalue weighted by molar-refractivity contribution is 5.99. The van der Waals surface area contributed by atoms with Gasteiger partial charge in [-0.1, -0.05) is 24.3 Å². The Morgan fingerprint density at radius 3 is 2.35 bits per heavy atom. The van der Waals surface area contributed by atoms with E-state index < -0.39 is 30.5 Å². The van der Waals surface area contributed by atoms with Crippen LogP contribution in [0.15, 0.2) is 48.4 Å². The van der Waals surface area contributed by atoms with Gasteiger partial charge in [0, 0.05) is 0 Å². The van der Waals surface area contributed by atoms with Crippen molar-refractivity contribution < 1.29 is 27.1 Å². The fraction of sp³-hybridized carbons (Fsp3) is 0.357. The molecule has 0 spiro atoms. The van der Waals surface area contributed by atoms with Crippen LogP contribution in [0.4, 0.5) is 17.6 Å². The van der Waals surface area contributed by atoms with Gasteiger partial charge in [-0.15, -0.1) is 6.58 Å². The summed E-state index contributed by atoms with van der Waals surface area (Å²) in [5.41, 5.74) is -0.326. The van der Waals surface area contributed by atoms with Crippen molar-refractivity contribution in [2.24, 2.45) is 0 Å². The maximum atomic E-state index is 13.6. The molecule has 0 fully saturated rings. The van der Waals surface area contributed by atoms with Crippen LogP contribution in [-0.2, 0) is 9.53 Å². The maximum absolute atomic E-state index is 13.6. The molecule has 6 heteroatoms. The molecule has 0 N–H and O–H groups in total. The van der Waals surface area contributed by atoms with Gasteiger partial charge in [0.25, 0.3) is 0 Å². The molecule has 0 aromatic carbocycles. The number of Topliss-reactive ketones (excluding diaryl/α,β-unsaturated/α-hetero) is 1. The van der Waals surface area contributed by atoms with Gasteiger partial charge in [0.1, 0.15) is 12.4 Å². The first-order valence-corrected chi connectivity index (χ1v) is 5.77. The second-order valence-electron chi connectivity index (χ2n) is 3.67. The van der Waals surface area contributed by atoms with Crippen LogP contribution in [0.1, 0.15) is 13.8 Å². The van der Waals surface area contributed by atoms with Crippen molar-refractivity contribution in [3.8, 4) is 0 Å². The molecule has 2 nitrogen and oxygen atoms in total. The van der Waals surface area contributed by atoms with Crippen molar-refractivity contribution >= 4 is 5.78 Å². The Kier molecular flexibility index (Phi) is 7.76. The zero-order valence-electron chi connectivity index (χ0n) is 11.2. The number of hydrogen-bond donors (Lipinski definition) is 0. The first-order valence-electron chi connectivity index (χ1n) is 5.77. The van der Waals surface area contributed by atoms with Gasteiger partial charge in [-0.05, 0) is 19.9 Å². The monoisotopic (exact) mass is 292 g/mol. The van der Waals surface area contributed by atoms with Gasteiger partial charge in [0.15, 0.2) is 11.9 Å². The third kappa shape index (κ3) is 5.97. The zero-order valence-corrected chi connectivity index (χ0v) is 11.2. The Bertz CT molecular complexity index is 431. The molecule has 1 atom stereocenters. The number of halogens is 4. The van der Waals surface area contributed by atoms with Crippen molar-refractivity contribution in [2.45, 2.75) is 26.1 Å². The quantitative estimate of drug-likeness (QED) is 0.306. The van der Waals surface area contributed by atoms with E-state index in [0.29, 0.717) is 6.08 Å². The van der Waals surface area contributed by atoms with Crippen LogP contribution < -0.4 is 0 Å². The van der Waals surface area contributed by atoms with E-state index in [-0.39, 0.29) is 5.57 Å². The minimum Gasteiger partial charge on any atom is -0.357 e. The number of hydrogen-bond acceptors (Lipinski definition) is 2. The summed E-state index contributed by atoms with van der Waals surface area (Å²) in [6, 6.07) is 0. The highest BCUT2D eigenvalue weighted by Gasteiger charge is 2.38. The molecule has 0 aliphatic rings. The Morgan fingerprint density at radius 1 is 1.35 bits per heavy atom. The smallest absolute Gasteiger partial charge is 0.357 e. The first-order chi connectivity index (χ1) is 9.27. The van der Waals surface area contributed by atoms with Gasteiger partial charge >= 0.3 is 6.18 Å². The van der Waals surface area contributed by atoms with Crippen LogP contribution >= 0.6 is 0 Å². The van der Waals surface area contributed by atoms with E-state index in [4.69, 9.17) is 0 Å². The second kappa shape index (κ2) is 8.47. The van der Waals surface area contributed by atoms with Crippen LogP contribution in [0.5, 0.6) is 0 Å². The van der Waals surface area contributed by atoms with Crippen LogP contribution in [0.3, 0.4) is 0 Å². The van der Waals surface area contributed by atoms with E-state index in [9.17, 15) is 22.4 Å². The summed E-state index contributed by atoms with van der Waals surface area (Å²) in [4.78, 5) is 11.6. The molecule has 20 heavy (non-hydrogen) atoms. The van der Waals surface area contributed by atoms with Crippen LogP contribution in [0.25, 0.3) is 0 Å². The molecule has 0 unspecified atom stereocenters. The summed E-state index contributed by atoms with van der Waals surface area (Å²) in [6.07, 6.45) is -1.24. The fourth-order valence-electron chi connectivity index (χ4n) is 1.24. The van der Waals surface area contributed by atoms with E-state index in [1.54, 1.807) is 13.0 Å². The molecular formula is C14H16F4O2.